The lowest BCUT2D eigenvalue weighted by Crippen LogP contribution is -2.30. The lowest BCUT2D eigenvalue weighted by atomic mass is 10.0. The highest BCUT2D eigenvalue weighted by Gasteiger charge is 2.27. The summed E-state index contributed by atoms with van der Waals surface area (Å²) in [6.07, 6.45) is 4.84. The Morgan fingerprint density at radius 3 is 2.47 bits per heavy atom. The van der Waals surface area contributed by atoms with Crippen LogP contribution in [0.2, 0.25) is 0 Å². The second kappa shape index (κ2) is 6.22. The Hall–Kier alpha value is -1.32. The molecule has 0 amide bonds. The van der Waals surface area contributed by atoms with E-state index in [2.05, 4.69) is 30.7 Å². The van der Waals surface area contributed by atoms with Crippen molar-refractivity contribution in [2.45, 2.75) is 52.4 Å². The van der Waals surface area contributed by atoms with Gasteiger partial charge in [0.25, 0.3) is 0 Å². The van der Waals surface area contributed by atoms with Crippen molar-refractivity contribution >= 4 is 11.6 Å². The maximum Gasteiger partial charge on any atom is 0.136 e. The number of aromatic nitrogens is 2. The van der Waals surface area contributed by atoms with E-state index >= 15 is 0 Å². The molecule has 1 aromatic rings. The molecule has 0 spiro atoms. The van der Waals surface area contributed by atoms with Crippen molar-refractivity contribution in [2.75, 3.05) is 23.7 Å². The quantitative estimate of drug-likeness (QED) is 0.820. The number of anilines is 2. The molecule has 1 heterocycles. The molecule has 4 heteroatoms. The van der Waals surface area contributed by atoms with Gasteiger partial charge in [0.2, 0.25) is 0 Å². The Kier molecular flexibility index (Phi) is 4.61. The normalized spacial score (nSPS) is 14.9. The van der Waals surface area contributed by atoms with E-state index in [0.717, 1.165) is 30.6 Å². The maximum absolute atomic E-state index is 5.94. The van der Waals surface area contributed by atoms with Gasteiger partial charge in [0.05, 0.1) is 0 Å². The van der Waals surface area contributed by atoms with Crippen LogP contribution in [0, 0.1) is 5.92 Å². The van der Waals surface area contributed by atoms with Crippen molar-refractivity contribution < 1.29 is 0 Å². The SMILES string of the molecule is CCC(CC)CN(CC)c1cc(N)nc(C2CC2)n1. The molecule has 1 fully saturated rings. The first-order valence-corrected chi connectivity index (χ1v) is 7.57. The molecule has 0 bridgehead atoms. The van der Waals surface area contributed by atoms with E-state index in [0.29, 0.717) is 11.7 Å². The van der Waals surface area contributed by atoms with Crippen molar-refractivity contribution in [1.82, 2.24) is 9.97 Å². The Morgan fingerprint density at radius 1 is 1.26 bits per heavy atom. The van der Waals surface area contributed by atoms with Gasteiger partial charge in [-0.2, -0.15) is 0 Å². The summed E-state index contributed by atoms with van der Waals surface area (Å²) < 4.78 is 0. The summed E-state index contributed by atoms with van der Waals surface area (Å²) in [5, 5.41) is 0. The smallest absolute Gasteiger partial charge is 0.136 e. The van der Waals surface area contributed by atoms with Crippen molar-refractivity contribution in [1.29, 1.82) is 0 Å². The summed E-state index contributed by atoms with van der Waals surface area (Å²) in [5.74, 6) is 3.83. The molecule has 0 unspecified atom stereocenters. The van der Waals surface area contributed by atoms with Crippen LogP contribution in [0.5, 0.6) is 0 Å². The second-order valence-corrected chi connectivity index (χ2v) is 5.50. The third kappa shape index (κ3) is 3.58. The fourth-order valence-corrected chi connectivity index (χ4v) is 2.40. The molecule has 1 aliphatic carbocycles. The topological polar surface area (TPSA) is 55.0 Å². The van der Waals surface area contributed by atoms with E-state index in [1.165, 1.54) is 25.7 Å². The summed E-state index contributed by atoms with van der Waals surface area (Å²) in [5.41, 5.74) is 5.94. The van der Waals surface area contributed by atoms with Crippen molar-refractivity contribution in [3.8, 4) is 0 Å². The van der Waals surface area contributed by atoms with Crippen LogP contribution >= 0.6 is 0 Å². The molecule has 106 valence electrons. The molecule has 4 nitrogen and oxygen atoms in total. The number of nitrogen functional groups attached to an aromatic ring is 1. The van der Waals surface area contributed by atoms with Crippen LogP contribution < -0.4 is 10.6 Å². The third-order valence-electron chi connectivity index (χ3n) is 4.03. The van der Waals surface area contributed by atoms with Crippen LogP contribution in [0.15, 0.2) is 6.07 Å². The monoisotopic (exact) mass is 262 g/mol. The minimum atomic E-state index is 0.550. The first-order chi connectivity index (χ1) is 9.17. The average molecular weight is 262 g/mol. The van der Waals surface area contributed by atoms with Crippen LogP contribution in [0.1, 0.15) is 58.2 Å². The molecule has 19 heavy (non-hydrogen) atoms. The second-order valence-electron chi connectivity index (χ2n) is 5.50. The van der Waals surface area contributed by atoms with Gasteiger partial charge in [-0.3, -0.25) is 0 Å². The van der Waals surface area contributed by atoms with Gasteiger partial charge in [-0.25, -0.2) is 9.97 Å². The highest BCUT2D eigenvalue weighted by atomic mass is 15.2. The first kappa shape index (κ1) is 14.1. The molecular formula is C15H26N4. The van der Waals surface area contributed by atoms with E-state index in [1.807, 2.05) is 6.07 Å². The summed E-state index contributed by atoms with van der Waals surface area (Å²) in [7, 11) is 0. The molecule has 2 N–H and O–H groups in total. The standard InChI is InChI=1S/C15H26N4/c1-4-11(5-2)10-19(6-3)14-9-13(16)17-15(18-14)12-7-8-12/h9,11-12H,4-8,10H2,1-3H3,(H2,16,17,18). The van der Waals surface area contributed by atoms with Crippen LogP contribution in [0.3, 0.4) is 0 Å². The molecular weight excluding hydrogens is 236 g/mol. The van der Waals surface area contributed by atoms with Gasteiger partial charge in [-0.15, -0.1) is 0 Å². The summed E-state index contributed by atoms with van der Waals surface area (Å²) in [6, 6.07) is 1.91. The van der Waals surface area contributed by atoms with Crippen LogP contribution in [-0.2, 0) is 0 Å². The molecule has 0 aliphatic heterocycles. The van der Waals surface area contributed by atoms with Crippen LogP contribution in [-0.4, -0.2) is 23.1 Å². The largest absolute Gasteiger partial charge is 0.384 e. The fourth-order valence-electron chi connectivity index (χ4n) is 2.40. The lowest BCUT2D eigenvalue weighted by Gasteiger charge is -2.26. The van der Waals surface area contributed by atoms with Crippen molar-refractivity contribution in [3.05, 3.63) is 11.9 Å². The lowest BCUT2D eigenvalue weighted by molar-refractivity contribution is 0.484. The zero-order valence-electron chi connectivity index (χ0n) is 12.4. The van der Waals surface area contributed by atoms with Crippen molar-refractivity contribution in [3.63, 3.8) is 0 Å². The van der Waals surface area contributed by atoms with Gasteiger partial charge >= 0.3 is 0 Å². The summed E-state index contributed by atoms with van der Waals surface area (Å²) in [6.45, 7) is 8.72. The van der Waals surface area contributed by atoms with E-state index in [9.17, 15) is 0 Å². The minimum Gasteiger partial charge on any atom is -0.384 e. The number of rotatable bonds is 7. The predicted molar refractivity (Wildman–Crippen MR) is 80.4 cm³/mol. The molecule has 0 aromatic carbocycles. The summed E-state index contributed by atoms with van der Waals surface area (Å²) >= 11 is 0. The van der Waals surface area contributed by atoms with E-state index in [4.69, 9.17) is 10.7 Å². The molecule has 0 radical (unpaired) electrons. The molecule has 0 saturated heterocycles. The Balaban J connectivity index is 2.17. The molecule has 1 aliphatic rings. The summed E-state index contributed by atoms with van der Waals surface area (Å²) in [4.78, 5) is 11.4. The minimum absolute atomic E-state index is 0.550. The number of hydrogen-bond acceptors (Lipinski definition) is 4. The number of nitrogens with zero attached hydrogens (tertiary/aromatic N) is 3. The Morgan fingerprint density at radius 2 is 1.95 bits per heavy atom. The highest BCUT2D eigenvalue weighted by molar-refractivity contribution is 5.47. The van der Waals surface area contributed by atoms with Gasteiger partial charge in [0, 0.05) is 25.1 Å². The Labute approximate surface area is 116 Å². The molecule has 1 saturated carbocycles. The molecule has 2 rings (SSSR count). The van der Waals surface area contributed by atoms with Gasteiger partial charge in [0.1, 0.15) is 17.5 Å². The van der Waals surface area contributed by atoms with Gasteiger partial charge in [0.15, 0.2) is 0 Å². The van der Waals surface area contributed by atoms with E-state index < -0.39 is 0 Å². The fraction of sp³-hybridized carbons (Fsp3) is 0.733. The molecule has 1 aromatic heterocycles. The average Bonchev–Trinajstić information content (AvgIpc) is 3.24. The van der Waals surface area contributed by atoms with E-state index in [-0.39, 0.29) is 0 Å². The van der Waals surface area contributed by atoms with Gasteiger partial charge in [-0.05, 0) is 25.7 Å². The molecule has 0 atom stereocenters. The van der Waals surface area contributed by atoms with Crippen LogP contribution in [0.4, 0.5) is 11.6 Å². The zero-order valence-corrected chi connectivity index (χ0v) is 12.4. The maximum atomic E-state index is 5.94. The van der Waals surface area contributed by atoms with Crippen molar-refractivity contribution in [2.24, 2.45) is 5.92 Å². The zero-order chi connectivity index (χ0) is 13.8. The third-order valence-corrected chi connectivity index (χ3v) is 4.03. The Bertz CT molecular complexity index is 411. The highest BCUT2D eigenvalue weighted by Crippen LogP contribution is 2.39. The number of hydrogen-bond donors (Lipinski definition) is 1. The first-order valence-electron chi connectivity index (χ1n) is 7.57. The number of nitrogens with two attached hydrogens (primary N) is 1. The predicted octanol–water partition coefficient (Wildman–Crippen LogP) is 3.20. The van der Waals surface area contributed by atoms with E-state index in [1.54, 1.807) is 0 Å². The van der Waals surface area contributed by atoms with Gasteiger partial charge in [-0.1, -0.05) is 26.7 Å². The van der Waals surface area contributed by atoms with Gasteiger partial charge < -0.3 is 10.6 Å². The van der Waals surface area contributed by atoms with Crippen LogP contribution in [0.25, 0.3) is 0 Å².